The summed E-state index contributed by atoms with van der Waals surface area (Å²) in [7, 11) is 0. The number of carbonyl (C=O) groups excluding carboxylic acids is 1. The molecule has 2 rings (SSSR count). The van der Waals surface area contributed by atoms with Crippen LogP contribution in [0.2, 0.25) is 0 Å². The average molecular weight is 220 g/mol. The fraction of sp³-hybridized carbons (Fsp3) is 0.900. The van der Waals surface area contributed by atoms with Crippen LogP contribution < -0.4 is 5.32 Å². The molecule has 3 nitrogen and oxygen atoms in total. The Morgan fingerprint density at radius 3 is 2.93 bits per heavy atom. The van der Waals surface area contributed by atoms with E-state index in [0.717, 1.165) is 12.3 Å². The first-order valence-electron chi connectivity index (χ1n) is 5.24. The van der Waals surface area contributed by atoms with Crippen LogP contribution in [0.15, 0.2) is 0 Å². The van der Waals surface area contributed by atoms with Crippen LogP contribution in [0.4, 0.5) is 0 Å². The molecule has 82 valence electrons. The lowest BCUT2D eigenvalue weighted by Gasteiger charge is -2.11. The summed E-state index contributed by atoms with van der Waals surface area (Å²) in [6, 6.07) is 0.574. The van der Waals surface area contributed by atoms with Crippen molar-refractivity contribution < 1.29 is 9.53 Å². The van der Waals surface area contributed by atoms with Gasteiger partial charge in [-0.3, -0.25) is 4.79 Å². The van der Waals surface area contributed by atoms with E-state index in [2.05, 4.69) is 5.32 Å². The highest BCUT2D eigenvalue weighted by atomic mass is 35.5. The zero-order valence-electron chi connectivity index (χ0n) is 8.49. The van der Waals surface area contributed by atoms with Crippen LogP contribution in [0.1, 0.15) is 32.6 Å². The lowest BCUT2D eigenvalue weighted by atomic mass is 10.0. The van der Waals surface area contributed by atoms with Gasteiger partial charge in [0.15, 0.2) is 0 Å². The Morgan fingerprint density at radius 2 is 2.29 bits per heavy atom. The van der Waals surface area contributed by atoms with E-state index in [1.807, 2.05) is 6.92 Å². The molecule has 0 aromatic carbocycles. The molecule has 0 aromatic heterocycles. The van der Waals surface area contributed by atoms with E-state index in [1.165, 1.54) is 19.3 Å². The molecular weight excluding hydrogens is 202 g/mol. The molecule has 3 unspecified atom stereocenters. The molecule has 1 saturated heterocycles. The summed E-state index contributed by atoms with van der Waals surface area (Å²) in [4.78, 5) is 11.4. The van der Waals surface area contributed by atoms with Gasteiger partial charge in [-0.25, -0.2) is 0 Å². The molecule has 0 spiro atoms. The van der Waals surface area contributed by atoms with Gasteiger partial charge in [0.2, 0.25) is 0 Å². The van der Waals surface area contributed by atoms with Crippen LogP contribution in [0.25, 0.3) is 0 Å². The average Bonchev–Trinajstić information content (AvgIpc) is 2.61. The highest BCUT2D eigenvalue weighted by Gasteiger charge is 2.40. The summed E-state index contributed by atoms with van der Waals surface area (Å²) >= 11 is 0. The smallest absolute Gasteiger partial charge is 0.323 e. The maximum atomic E-state index is 11.4. The highest BCUT2D eigenvalue weighted by Crippen LogP contribution is 2.34. The molecular formula is C10H18ClNO2. The SMILES string of the molecule is CCOC(=O)C1CC2CCCC2N1.Cl. The number of rotatable bonds is 2. The molecule has 1 saturated carbocycles. The second kappa shape index (κ2) is 4.99. The molecule has 1 aliphatic carbocycles. The maximum Gasteiger partial charge on any atom is 0.323 e. The van der Waals surface area contributed by atoms with Crippen LogP contribution in [-0.4, -0.2) is 24.7 Å². The first-order chi connectivity index (χ1) is 6.31. The molecule has 14 heavy (non-hydrogen) atoms. The molecule has 1 aliphatic heterocycles. The van der Waals surface area contributed by atoms with E-state index in [0.29, 0.717) is 12.6 Å². The van der Waals surface area contributed by atoms with E-state index < -0.39 is 0 Å². The van der Waals surface area contributed by atoms with E-state index in [1.54, 1.807) is 0 Å². The van der Waals surface area contributed by atoms with Crippen molar-refractivity contribution in [2.24, 2.45) is 5.92 Å². The number of nitrogens with one attached hydrogen (secondary N) is 1. The molecule has 0 radical (unpaired) electrons. The second-order valence-corrected chi connectivity index (χ2v) is 4.00. The zero-order valence-corrected chi connectivity index (χ0v) is 9.31. The predicted octanol–water partition coefficient (Wildman–Crippen LogP) is 1.50. The minimum Gasteiger partial charge on any atom is -0.465 e. The van der Waals surface area contributed by atoms with Gasteiger partial charge >= 0.3 is 5.97 Å². The van der Waals surface area contributed by atoms with Gasteiger partial charge in [-0.2, -0.15) is 0 Å². The Kier molecular flexibility index (Phi) is 4.20. The summed E-state index contributed by atoms with van der Waals surface area (Å²) in [5.41, 5.74) is 0. The molecule has 3 atom stereocenters. The number of halogens is 1. The van der Waals surface area contributed by atoms with Crippen LogP contribution in [0, 0.1) is 5.92 Å². The molecule has 2 fully saturated rings. The molecule has 2 aliphatic rings. The van der Waals surface area contributed by atoms with Gasteiger partial charge in [-0.1, -0.05) is 6.42 Å². The lowest BCUT2D eigenvalue weighted by Crippen LogP contribution is -2.36. The summed E-state index contributed by atoms with van der Waals surface area (Å²) in [6.07, 6.45) is 4.83. The van der Waals surface area contributed by atoms with Crippen molar-refractivity contribution in [2.75, 3.05) is 6.61 Å². The fourth-order valence-corrected chi connectivity index (χ4v) is 2.57. The number of ether oxygens (including phenoxy) is 1. The molecule has 4 heteroatoms. The summed E-state index contributed by atoms with van der Waals surface area (Å²) in [5, 5.41) is 3.36. The third-order valence-electron chi connectivity index (χ3n) is 3.18. The third-order valence-corrected chi connectivity index (χ3v) is 3.18. The van der Waals surface area contributed by atoms with Gasteiger partial charge in [0.25, 0.3) is 0 Å². The van der Waals surface area contributed by atoms with Crippen molar-refractivity contribution in [1.29, 1.82) is 0 Å². The first-order valence-corrected chi connectivity index (χ1v) is 5.24. The number of esters is 1. The Hall–Kier alpha value is -0.280. The van der Waals surface area contributed by atoms with Gasteiger partial charge in [0.05, 0.1) is 6.61 Å². The van der Waals surface area contributed by atoms with Crippen molar-refractivity contribution in [1.82, 2.24) is 5.32 Å². The van der Waals surface area contributed by atoms with Crippen molar-refractivity contribution in [3.8, 4) is 0 Å². The van der Waals surface area contributed by atoms with Crippen molar-refractivity contribution in [3.63, 3.8) is 0 Å². The van der Waals surface area contributed by atoms with Gasteiger partial charge in [0.1, 0.15) is 6.04 Å². The Bertz CT molecular complexity index is 198. The van der Waals surface area contributed by atoms with Crippen LogP contribution in [-0.2, 0) is 9.53 Å². The monoisotopic (exact) mass is 219 g/mol. The van der Waals surface area contributed by atoms with E-state index in [9.17, 15) is 4.79 Å². The highest BCUT2D eigenvalue weighted by molar-refractivity contribution is 5.85. The number of hydrogen-bond acceptors (Lipinski definition) is 3. The van der Waals surface area contributed by atoms with Crippen LogP contribution in [0.5, 0.6) is 0 Å². The van der Waals surface area contributed by atoms with Gasteiger partial charge in [-0.15, -0.1) is 12.4 Å². The predicted molar refractivity (Wildman–Crippen MR) is 56.6 cm³/mol. The zero-order chi connectivity index (χ0) is 9.26. The molecule has 0 amide bonds. The van der Waals surface area contributed by atoms with Crippen molar-refractivity contribution >= 4 is 18.4 Å². The molecule has 1 heterocycles. The Balaban J connectivity index is 0.000000980. The number of hydrogen-bond donors (Lipinski definition) is 1. The molecule has 0 aromatic rings. The van der Waals surface area contributed by atoms with Gasteiger partial charge < -0.3 is 10.1 Å². The normalized spacial score (nSPS) is 34.8. The summed E-state index contributed by atoms with van der Waals surface area (Å²) < 4.78 is 4.99. The van der Waals surface area contributed by atoms with Crippen molar-refractivity contribution in [3.05, 3.63) is 0 Å². The van der Waals surface area contributed by atoms with Crippen LogP contribution in [0.3, 0.4) is 0 Å². The molecule has 0 bridgehead atoms. The van der Waals surface area contributed by atoms with E-state index in [-0.39, 0.29) is 24.4 Å². The standard InChI is InChI=1S/C10H17NO2.ClH/c1-2-13-10(12)9-6-7-4-3-5-8(7)11-9;/h7-9,11H,2-6H2,1H3;1H. The second-order valence-electron chi connectivity index (χ2n) is 4.00. The number of fused-ring (bicyclic) bond motifs is 1. The quantitative estimate of drug-likeness (QED) is 0.716. The lowest BCUT2D eigenvalue weighted by molar-refractivity contribution is -0.145. The van der Waals surface area contributed by atoms with E-state index in [4.69, 9.17) is 4.74 Å². The Morgan fingerprint density at radius 1 is 1.50 bits per heavy atom. The van der Waals surface area contributed by atoms with Gasteiger partial charge in [0, 0.05) is 6.04 Å². The minimum absolute atomic E-state index is 0. The topological polar surface area (TPSA) is 38.3 Å². The summed E-state index contributed by atoms with van der Waals surface area (Å²) in [5.74, 6) is 0.673. The Labute approximate surface area is 91.0 Å². The fourth-order valence-electron chi connectivity index (χ4n) is 2.57. The van der Waals surface area contributed by atoms with Gasteiger partial charge in [-0.05, 0) is 32.1 Å². The summed E-state index contributed by atoms with van der Waals surface area (Å²) in [6.45, 7) is 2.35. The van der Waals surface area contributed by atoms with Crippen LogP contribution >= 0.6 is 12.4 Å². The largest absolute Gasteiger partial charge is 0.465 e. The maximum absolute atomic E-state index is 11.4. The first kappa shape index (κ1) is 11.8. The van der Waals surface area contributed by atoms with E-state index >= 15 is 0 Å². The minimum atomic E-state index is -0.0584. The van der Waals surface area contributed by atoms with Crippen molar-refractivity contribution in [2.45, 2.75) is 44.7 Å². The third kappa shape index (κ3) is 2.20. The molecule has 1 N–H and O–H groups in total. The number of carbonyl (C=O) groups is 1.